The van der Waals surface area contributed by atoms with Crippen LogP contribution in [0.15, 0.2) is 35.9 Å². The van der Waals surface area contributed by atoms with Gasteiger partial charge in [-0.25, -0.2) is 0 Å². The Morgan fingerprint density at radius 1 is 1.13 bits per heavy atom. The zero-order valence-corrected chi connectivity index (χ0v) is 9.59. The topological polar surface area (TPSA) is 12.0 Å². The van der Waals surface area contributed by atoms with Crippen molar-refractivity contribution in [2.24, 2.45) is 0 Å². The summed E-state index contributed by atoms with van der Waals surface area (Å²) >= 11 is 0. The van der Waals surface area contributed by atoms with Crippen molar-refractivity contribution in [3.05, 3.63) is 41.5 Å². The van der Waals surface area contributed by atoms with Crippen molar-refractivity contribution in [3.8, 4) is 0 Å². The SMILES string of the molecule is CC1=CCCC[C@@H]1Nc1ccc(C)cc1. The van der Waals surface area contributed by atoms with Crippen molar-refractivity contribution in [1.29, 1.82) is 0 Å². The van der Waals surface area contributed by atoms with Crippen LogP contribution in [0.3, 0.4) is 0 Å². The van der Waals surface area contributed by atoms with Crippen molar-refractivity contribution in [3.63, 3.8) is 0 Å². The first-order chi connectivity index (χ1) is 7.25. The Hall–Kier alpha value is -1.24. The van der Waals surface area contributed by atoms with Gasteiger partial charge in [-0.1, -0.05) is 29.3 Å². The maximum atomic E-state index is 3.59. The average Bonchev–Trinajstić information content (AvgIpc) is 2.25. The summed E-state index contributed by atoms with van der Waals surface area (Å²) in [5.41, 5.74) is 4.04. The molecule has 1 aromatic carbocycles. The molecule has 0 radical (unpaired) electrons. The third kappa shape index (κ3) is 2.62. The number of anilines is 1. The first-order valence-corrected chi connectivity index (χ1v) is 5.75. The Balaban J connectivity index is 2.05. The molecule has 2 rings (SSSR count). The van der Waals surface area contributed by atoms with E-state index in [9.17, 15) is 0 Å². The van der Waals surface area contributed by atoms with E-state index in [0.717, 1.165) is 0 Å². The lowest BCUT2D eigenvalue weighted by Gasteiger charge is -2.24. The number of nitrogens with one attached hydrogen (secondary N) is 1. The molecule has 1 heteroatoms. The third-order valence-electron chi connectivity index (χ3n) is 3.11. The lowest BCUT2D eigenvalue weighted by molar-refractivity contribution is 0.644. The zero-order chi connectivity index (χ0) is 10.7. The molecular weight excluding hydrogens is 182 g/mol. The van der Waals surface area contributed by atoms with Gasteiger partial charge in [0.1, 0.15) is 0 Å². The van der Waals surface area contributed by atoms with Crippen LogP contribution < -0.4 is 5.32 Å². The van der Waals surface area contributed by atoms with Gasteiger partial charge < -0.3 is 5.32 Å². The molecule has 1 aliphatic rings. The maximum Gasteiger partial charge on any atom is 0.0471 e. The third-order valence-corrected chi connectivity index (χ3v) is 3.11. The van der Waals surface area contributed by atoms with Gasteiger partial charge in [0, 0.05) is 11.7 Å². The predicted molar refractivity (Wildman–Crippen MR) is 66.2 cm³/mol. The minimum absolute atomic E-state index is 0.543. The minimum atomic E-state index is 0.543. The van der Waals surface area contributed by atoms with Crippen LogP contribution in [-0.4, -0.2) is 6.04 Å². The molecule has 1 aromatic rings. The van der Waals surface area contributed by atoms with Crippen LogP contribution in [0, 0.1) is 6.92 Å². The molecule has 0 unspecified atom stereocenters. The number of hydrogen-bond donors (Lipinski definition) is 1. The van der Waals surface area contributed by atoms with E-state index in [1.165, 1.54) is 36.1 Å². The summed E-state index contributed by atoms with van der Waals surface area (Å²) in [6, 6.07) is 9.18. The molecule has 0 bridgehead atoms. The van der Waals surface area contributed by atoms with E-state index in [0.29, 0.717) is 6.04 Å². The van der Waals surface area contributed by atoms with E-state index >= 15 is 0 Å². The van der Waals surface area contributed by atoms with Crippen molar-refractivity contribution < 1.29 is 0 Å². The lowest BCUT2D eigenvalue weighted by atomic mass is 9.95. The summed E-state index contributed by atoms with van der Waals surface area (Å²) in [5.74, 6) is 0. The highest BCUT2D eigenvalue weighted by atomic mass is 14.9. The van der Waals surface area contributed by atoms with Crippen LogP contribution in [0.25, 0.3) is 0 Å². The summed E-state index contributed by atoms with van der Waals surface area (Å²) in [6.45, 7) is 4.35. The van der Waals surface area contributed by atoms with Crippen LogP contribution in [0.2, 0.25) is 0 Å². The molecule has 1 atom stereocenters. The second kappa shape index (κ2) is 4.52. The van der Waals surface area contributed by atoms with E-state index in [2.05, 4.69) is 49.5 Å². The van der Waals surface area contributed by atoms with E-state index < -0.39 is 0 Å². The van der Waals surface area contributed by atoms with Crippen molar-refractivity contribution in [2.75, 3.05) is 5.32 Å². The van der Waals surface area contributed by atoms with Gasteiger partial charge >= 0.3 is 0 Å². The second-order valence-corrected chi connectivity index (χ2v) is 4.44. The molecule has 1 aliphatic carbocycles. The van der Waals surface area contributed by atoms with Crippen LogP contribution in [0.4, 0.5) is 5.69 Å². The molecule has 1 nitrogen and oxygen atoms in total. The molecule has 0 heterocycles. The van der Waals surface area contributed by atoms with Gasteiger partial charge in [0.05, 0.1) is 0 Å². The molecule has 0 saturated carbocycles. The fraction of sp³-hybridized carbons (Fsp3) is 0.429. The van der Waals surface area contributed by atoms with Gasteiger partial charge in [-0.2, -0.15) is 0 Å². The fourth-order valence-electron chi connectivity index (χ4n) is 2.06. The van der Waals surface area contributed by atoms with Crippen molar-refractivity contribution in [2.45, 2.75) is 39.2 Å². The first-order valence-electron chi connectivity index (χ1n) is 5.75. The molecule has 0 aromatic heterocycles. The first kappa shape index (κ1) is 10.3. The van der Waals surface area contributed by atoms with Crippen molar-refractivity contribution in [1.82, 2.24) is 0 Å². The number of aryl methyl sites for hydroxylation is 1. The van der Waals surface area contributed by atoms with Crippen LogP contribution in [-0.2, 0) is 0 Å². The normalized spacial score (nSPS) is 20.9. The Morgan fingerprint density at radius 2 is 1.87 bits per heavy atom. The molecular formula is C14H19N. The lowest BCUT2D eigenvalue weighted by Crippen LogP contribution is -2.22. The van der Waals surface area contributed by atoms with Gasteiger partial charge in [0.25, 0.3) is 0 Å². The van der Waals surface area contributed by atoms with Gasteiger partial charge in [-0.3, -0.25) is 0 Å². The van der Waals surface area contributed by atoms with Crippen LogP contribution >= 0.6 is 0 Å². The molecule has 80 valence electrons. The molecule has 1 N–H and O–H groups in total. The van der Waals surface area contributed by atoms with Gasteiger partial charge in [0.15, 0.2) is 0 Å². The largest absolute Gasteiger partial charge is 0.379 e. The Morgan fingerprint density at radius 3 is 2.53 bits per heavy atom. The average molecular weight is 201 g/mol. The van der Waals surface area contributed by atoms with E-state index in [1.807, 2.05) is 0 Å². The van der Waals surface area contributed by atoms with Crippen LogP contribution in [0.5, 0.6) is 0 Å². The monoisotopic (exact) mass is 201 g/mol. The highest BCUT2D eigenvalue weighted by Gasteiger charge is 2.13. The fourth-order valence-corrected chi connectivity index (χ4v) is 2.06. The molecule has 0 saturated heterocycles. The highest BCUT2D eigenvalue weighted by molar-refractivity contribution is 5.47. The number of allylic oxidation sites excluding steroid dienone is 1. The van der Waals surface area contributed by atoms with Gasteiger partial charge in [-0.05, 0) is 45.2 Å². The van der Waals surface area contributed by atoms with Crippen molar-refractivity contribution >= 4 is 5.69 Å². The quantitative estimate of drug-likeness (QED) is 0.715. The summed E-state index contributed by atoms with van der Waals surface area (Å²) in [6.07, 6.45) is 6.17. The van der Waals surface area contributed by atoms with Gasteiger partial charge in [0.2, 0.25) is 0 Å². The summed E-state index contributed by atoms with van der Waals surface area (Å²) in [4.78, 5) is 0. The van der Waals surface area contributed by atoms with E-state index in [4.69, 9.17) is 0 Å². The molecule has 0 amide bonds. The Bertz CT molecular complexity index is 348. The second-order valence-electron chi connectivity index (χ2n) is 4.44. The number of hydrogen-bond acceptors (Lipinski definition) is 1. The standard InChI is InChI=1S/C14H19N/c1-11-7-9-13(10-8-11)15-14-6-4-3-5-12(14)2/h5,7-10,14-15H,3-4,6H2,1-2H3/t14-/m0/s1. The van der Waals surface area contributed by atoms with E-state index in [1.54, 1.807) is 0 Å². The maximum absolute atomic E-state index is 3.59. The summed E-state index contributed by atoms with van der Waals surface area (Å²) < 4.78 is 0. The van der Waals surface area contributed by atoms with Gasteiger partial charge in [-0.15, -0.1) is 0 Å². The number of benzene rings is 1. The molecule has 0 fully saturated rings. The Kier molecular flexibility index (Phi) is 3.10. The molecule has 0 aliphatic heterocycles. The molecule has 0 spiro atoms. The minimum Gasteiger partial charge on any atom is -0.379 e. The Labute approximate surface area is 92.2 Å². The smallest absolute Gasteiger partial charge is 0.0471 e. The molecule has 15 heavy (non-hydrogen) atoms. The summed E-state index contributed by atoms with van der Waals surface area (Å²) in [7, 11) is 0. The zero-order valence-electron chi connectivity index (χ0n) is 9.59. The highest BCUT2D eigenvalue weighted by Crippen LogP contribution is 2.22. The number of rotatable bonds is 2. The van der Waals surface area contributed by atoms with Crippen LogP contribution in [0.1, 0.15) is 31.7 Å². The summed E-state index contributed by atoms with van der Waals surface area (Å²) in [5, 5.41) is 3.59. The van der Waals surface area contributed by atoms with E-state index in [-0.39, 0.29) is 0 Å². The predicted octanol–water partition coefficient (Wildman–Crippen LogP) is 3.91.